The zero-order valence-electron chi connectivity index (χ0n) is 13.3. The highest BCUT2D eigenvalue weighted by atomic mass is 15.1. The molecule has 2 atom stereocenters. The molecule has 0 aromatic rings. The molecule has 2 nitrogen and oxygen atoms in total. The number of unbranched alkanes of at least 4 members (excludes halogenated alkanes) is 3. The Morgan fingerprint density at radius 2 is 1.72 bits per heavy atom. The van der Waals surface area contributed by atoms with Crippen molar-refractivity contribution in [2.45, 2.75) is 65.3 Å². The van der Waals surface area contributed by atoms with Crippen LogP contribution in [0.15, 0.2) is 0 Å². The van der Waals surface area contributed by atoms with Crippen LogP contribution in [0.1, 0.15) is 59.8 Å². The molecule has 0 spiro atoms. The molecule has 0 aliphatic heterocycles. The van der Waals surface area contributed by atoms with Crippen LogP contribution in [0.5, 0.6) is 0 Å². The van der Waals surface area contributed by atoms with Gasteiger partial charge in [0.25, 0.3) is 0 Å². The fraction of sp³-hybridized carbons (Fsp3) is 1.00. The first kappa shape index (κ1) is 16.0. The van der Waals surface area contributed by atoms with E-state index in [1.807, 2.05) is 0 Å². The summed E-state index contributed by atoms with van der Waals surface area (Å²) in [5.41, 5.74) is 0.279. The molecule has 0 aromatic heterocycles. The van der Waals surface area contributed by atoms with Gasteiger partial charge in [0.05, 0.1) is 0 Å². The number of nitrogens with one attached hydrogen (secondary N) is 1. The lowest BCUT2D eigenvalue weighted by atomic mass is 10.1. The van der Waals surface area contributed by atoms with E-state index in [0.29, 0.717) is 0 Å². The molecule has 1 fully saturated rings. The van der Waals surface area contributed by atoms with Crippen LogP contribution >= 0.6 is 0 Å². The van der Waals surface area contributed by atoms with Crippen LogP contribution in [0.4, 0.5) is 0 Å². The summed E-state index contributed by atoms with van der Waals surface area (Å²) in [7, 11) is 2.28. The van der Waals surface area contributed by atoms with Gasteiger partial charge < -0.3 is 10.2 Å². The van der Waals surface area contributed by atoms with Gasteiger partial charge in [-0.1, -0.05) is 19.8 Å². The highest BCUT2D eigenvalue weighted by Crippen LogP contribution is 2.37. The summed E-state index contributed by atoms with van der Waals surface area (Å²) in [5, 5.41) is 3.55. The summed E-state index contributed by atoms with van der Waals surface area (Å²) >= 11 is 0. The van der Waals surface area contributed by atoms with E-state index < -0.39 is 0 Å². The largest absolute Gasteiger partial charge is 0.312 e. The minimum Gasteiger partial charge on any atom is -0.312 e. The zero-order chi connectivity index (χ0) is 13.6. The summed E-state index contributed by atoms with van der Waals surface area (Å²) in [5.74, 6) is 2.00. The third-order valence-electron chi connectivity index (χ3n) is 3.94. The van der Waals surface area contributed by atoms with Crippen molar-refractivity contribution in [3.05, 3.63) is 0 Å². The van der Waals surface area contributed by atoms with Crippen molar-refractivity contribution in [2.75, 3.05) is 26.7 Å². The fourth-order valence-electron chi connectivity index (χ4n) is 2.47. The predicted octanol–water partition coefficient (Wildman–Crippen LogP) is 3.52. The molecular weight excluding hydrogens is 220 g/mol. The lowest BCUT2D eigenvalue weighted by Crippen LogP contribution is -2.36. The van der Waals surface area contributed by atoms with Gasteiger partial charge in [0.2, 0.25) is 0 Å². The second-order valence-electron chi connectivity index (χ2n) is 7.33. The van der Waals surface area contributed by atoms with Gasteiger partial charge in [-0.3, -0.25) is 0 Å². The first-order valence-corrected chi connectivity index (χ1v) is 7.82. The van der Waals surface area contributed by atoms with Crippen LogP contribution in [0.3, 0.4) is 0 Å². The molecule has 0 aromatic carbocycles. The molecular formula is C16H34N2. The van der Waals surface area contributed by atoms with Crippen LogP contribution in [-0.4, -0.2) is 37.1 Å². The predicted molar refractivity (Wildman–Crippen MR) is 81.0 cm³/mol. The SMILES string of the molecule is CC1CC1CN(C)CCCCCCNC(C)(C)C. The number of nitrogens with zero attached hydrogens (tertiary/aromatic N) is 1. The van der Waals surface area contributed by atoms with Gasteiger partial charge >= 0.3 is 0 Å². The average Bonchev–Trinajstić information content (AvgIpc) is 2.91. The molecule has 1 saturated carbocycles. The van der Waals surface area contributed by atoms with Crippen LogP contribution in [0.25, 0.3) is 0 Å². The van der Waals surface area contributed by atoms with Gasteiger partial charge in [-0.25, -0.2) is 0 Å². The van der Waals surface area contributed by atoms with E-state index in [4.69, 9.17) is 0 Å². The Morgan fingerprint density at radius 1 is 1.11 bits per heavy atom. The van der Waals surface area contributed by atoms with E-state index in [2.05, 4.69) is 45.0 Å². The smallest absolute Gasteiger partial charge is 0.00965 e. The van der Waals surface area contributed by atoms with E-state index in [1.54, 1.807) is 0 Å². The first-order chi connectivity index (χ1) is 8.38. The Labute approximate surface area is 115 Å². The molecule has 0 radical (unpaired) electrons. The third-order valence-corrected chi connectivity index (χ3v) is 3.94. The number of hydrogen-bond acceptors (Lipinski definition) is 2. The van der Waals surface area contributed by atoms with Crippen molar-refractivity contribution in [1.82, 2.24) is 10.2 Å². The van der Waals surface area contributed by atoms with Gasteiger partial charge in [0, 0.05) is 12.1 Å². The maximum Gasteiger partial charge on any atom is 0.00965 e. The molecule has 1 aliphatic carbocycles. The van der Waals surface area contributed by atoms with Crippen molar-refractivity contribution >= 4 is 0 Å². The van der Waals surface area contributed by atoms with E-state index in [-0.39, 0.29) is 5.54 Å². The van der Waals surface area contributed by atoms with Crippen molar-refractivity contribution in [3.8, 4) is 0 Å². The van der Waals surface area contributed by atoms with Gasteiger partial charge in [-0.2, -0.15) is 0 Å². The molecule has 0 amide bonds. The maximum absolute atomic E-state index is 3.55. The molecule has 1 aliphatic rings. The minimum absolute atomic E-state index is 0.279. The maximum atomic E-state index is 3.55. The Bertz CT molecular complexity index is 220. The standard InChI is InChI=1S/C16H34N2/c1-14-12-15(14)13-18(5)11-9-7-6-8-10-17-16(2,3)4/h14-15,17H,6-13H2,1-5H3. The molecule has 0 heterocycles. The van der Waals surface area contributed by atoms with Crippen molar-refractivity contribution in [2.24, 2.45) is 11.8 Å². The monoisotopic (exact) mass is 254 g/mol. The summed E-state index contributed by atoms with van der Waals surface area (Å²) in [6, 6.07) is 0. The van der Waals surface area contributed by atoms with E-state index >= 15 is 0 Å². The van der Waals surface area contributed by atoms with Crippen LogP contribution in [-0.2, 0) is 0 Å². The topological polar surface area (TPSA) is 15.3 Å². The highest BCUT2D eigenvalue weighted by Gasteiger charge is 2.32. The number of hydrogen-bond donors (Lipinski definition) is 1. The second kappa shape index (κ2) is 7.49. The lowest BCUT2D eigenvalue weighted by molar-refractivity contribution is 0.305. The van der Waals surface area contributed by atoms with Gasteiger partial charge in [-0.15, -0.1) is 0 Å². The normalized spacial score (nSPS) is 23.7. The van der Waals surface area contributed by atoms with E-state index in [1.165, 1.54) is 51.7 Å². The van der Waals surface area contributed by atoms with E-state index in [9.17, 15) is 0 Å². The second-order valence-corrected chi connectivity index (χ2v) is 7.33. The summed E-state index contributed by atoms with van der Waals surface area (Å²) in [6.07, 6.45) is 6.91. The van der Waals surface area contributed by atoms with Crippen LogP contribution in [0, 0.1) is 11.8 Å². The molecule has 18 heavy (non-hydrogen) atoms. The number of rotatable bonds is 9. The summed E-state index contributed by atoms with van der Waals surface area (Å²) in [4.78, 5) is 2.53. The molecule has 1 N–H and O–H groups in total. The lowest BCUT2D eigenvalue weighted by Gasteiger charge is -2.20. The van der Waals surface area contributed by atoms with Gasteiger partial charge in [0.1, 0.15) is 0 Å². The Morgan fingerprint density at radius 3 is 2.28 bits per heavy atom. The van der Waals surface area contributed by atoms with Crippen molar-refractivity contribution in [3.63, 3.8) is 0 Å². The summed E-state index contributed by atoms with van der Waals surface area (Å²) < 4.78 is 0. The average molecular weight is 254 g/mol. The molecule has 0 bridgehead atoms. The Balaban J connectivity index is 1.83. The van der Waals surface area contributed by atoms with Gasteiger partial charge in [0.15, 0.2) is 0 Å². The Kier molecular flexibility index (Phi) is 6.65. The van der Waals surface area contributed by atoms with Crippen molar-refractivity contribution < 1.29 is 0 Å². The summed E-state index contributed by atoms with van der Waals surface area (Å²) in [6.45, 7) is 12.9. The fourth-order valence-corrected chi connectivity index (χ4v) is 2.47. The zero-order valence-corrected chi connectivity index (χ0v) is 13.3. The van der Waals surface area contributed by atoms with E-state index in [0.717, 1.165) is 11.8 Å². The highest BCUT2D eigenvalue weighted by molar-refractivity contribution is 4.84. The quantitative estimate of drug-likeness (QED) is 0.633. The third kappa shape index (κ3) is 8.10. The minimum atomic E-state index is 0.279. The Hall–Kier alpha value is -0.0800. The molecule has 2 unspecified atom stereocenters. The van der Waals surface area contributed by atoms with Crippen LogP contribution < -0.4 is 5.32 Å². The first-order valence-electron chi connectivity index (χ1n) is 7.82. The molecule has 1 rings (SSSR count). The van der Waals surface area contributed by atoms with Crippen molar-refractivity contribution in [1.29, 1.82) is 0 Å². The molecule has 0 saturated heterocycles. The van der Waals surface area contributed by atoms with Gasteiger partial charge in [-0.05, 0) is 72.0 Å². The molecule has 108 valence electrons. The molecule has 2 heteroatoms. The van der Waals surface area contributed by atoms with Crippen LogP contribution in [0.2, 0.25) is 0 Å².